The summed E-state index contributed by atoms with van der Waals surface area (Å²) < 4.78 is 16.6. The van der Waals surface area contributed by atoms with Gasteiger partial charge in [-0.3, -0.25) is 9.59 Å². The molecule has 2 aromatic rings. The van der Waals surface area contributed by atoms with Crippen LogP contribution in [0.3, 0.4) is 0 Å². The molecule has 0 aromatic heterocycles. The summed E-state index contributed by atoms with van der Waals surface area (Å²) in [4.78, 5) is 28.7. The first kappa shape index (κ1) is 25.9. The lowest BCUT2D eigenvalue weighted by molar-refractivity contribution is -0.141. The van der Waals surface area contributed by atoms with E-state index in [1.165, 1.54) is 6.42 Å². The number of fused-ring (bicyclic) bond motifs is 1. The molecule has 1 aliphatic carbocycles. The van der Waals surface area contributed by atoms with Crippen molar-refractivity contribution in [3.05, 3.63) is 53.6 Å². The standard InChI is InChI=1S/C29H38N2O5/c1-3-25(29(33)30-23-7-5-4-6-8-23)31(20-22-9-13-24(34-2)14-10-22)28(32)16-12-21-11-15-26-27(19-21)36-18-17-35-26/h9-11,13-15,19,23,25H,3-8,12,16-18,20H2,1-2H3,(H,30,33)/t25-/m1/s1. The van der Waals surface area contributed by atoms with Crippen LogP contribution in [-0.4, -0.2) is 49.1 Å². The van der Waals surface area contributed by atoms with Crippen molar-refractivity contribution in [1.82, 2.24) is 10.2 Å². The summed E-state index contributed by atoms with van der Waals surface area (Å²) >= 11 is 0. The number of rotatable bonds is 10. The summed E-state index contributed by atoms with van der Waals surface area (Å²) in [6.45, 7) is 3.42. The molecule has 0 saturated heterocycles. The zero-order valence-corrected chi connectivity index (χ0v) is 21.5. The van der Waals surface area contributed by atoms with Crippen molar-refractivity contribution in [1.29, 1.82) is 0 Å². The van der Waals surface area contributed by atoms with E-state index in [-0.39, 0.29) is 17.9 Å². The topological polar surface area (TPSA) is 77.1 Å². The van der Waals surface area contributed by atoms with Gasteiger partial charge in [0.1, 0.15) is 25.0 Å². The van der Waals surface area contributed by atoms with Crippen LogP contribution in [0, 0.1) is 0 Å². The third-order valence-electron chi connectivity index (χ3n) is 7.08. The van der Waals surface area contributed by atoms with Crippen molar-refractivity contribution in [2.45, 2.75) is 76.9 Å². The molecule has 7 nitrogen and oxygen atoms in total. The third kappa shape index (κ3) is 6.71. The van der Waals surface area contributed by atoms with Gasteiger partial charge in [0.15, 0.2) is 11.5 Å². The van der Waals surface area contributed by atoms with Crippen LogP contribution >= 0.6 is 0 Å². The van der Waals surface area contributed by atoms with Crippen LogP contribution in [0.15, 0.2) is 42.5 Å². The van der Waals surface area contributed by atoms with Gasteiger partial charge in [-0.15, -0.1) is 0 Å². The van der Waals surface area contributed by atoms with Gasteiger partial charge in [0, 0.05) is 19.0 Å². The monoisotopic (exact) mass is 494 g/mol. The van der Waals surface area contributed by atoms with E-state index >= 15 is 0 Å². The molecule has 194 valence electrons. The number of aryl methyl sites for hydroxylation is 1. The summed E-state index contributed by atoms with van der Waals surface area (Å²) in [6.07, 6.45) is 6.98. The number of benzene rings is 2. The molecule has 2 aromatic carbocycles. The summed E-state index contributed by atoms with van der Waals surface area (Å²) in [5, 5.41) is 3.23. The molecule has 1 fully saturated rings. The number of hydrogen-bond acceptors (Lipinski definition) is 5. The second-order valence-electron chi connectivity index (χ2n) is 9.62. The first-order chi connectivity index (χ1) is 17.6. The first-order valence-electron chi connectivity index (χ1n) is 13.2. The summed E-state index contributed by atoms with van der Waals surface area (Å²) in [5.41, 5.74) is 1.98. The molecule has 4 rings (SSSR count). The van der Waals surface area contributed by atoms with E-state index in [2.05, 4.69) is 5.32 Å². The molecule has 1 N–H and O–H groups in total. The minimum Gasteiger partial charge on any atom is -0.497 e. The number of carbonyl (C=O) groups is 2. The molecule has 0 spiro atoms. The van der Waals surface area contributed by atoms with E-state index in [0.717, 1.165) is 54.1 Å². The maximum atomic E-state index is 13.6. The van der Waals surface area contributed by atoms with Gasteiger partial charge in [-0.2, -0.15) is 0 Å². The number of nitrogens with one attached hydrogen (secondary N) is 1. The van der Waals surface area contributed by atoms with Gasteiger partial charge < -0.3 is 24.4 Å². The van der Waals surface area contributed by atoms with Crippen LogP contribution in [0.25, 0.3) is 0 Å². The number of ether oxygens (including phenoxy) is 3. The zero-order chi connectivity index (χ0) is 25.3. The van der Waals surface area contributed by atoms with Gasteiger partial charge >= 0.3 is 0 Å². The first-order valence-corrected chi connectivity index (χ1v) is 13.2. The maximum Gasteiger partial charge on any atom is 0.243 e. The molecule has 36 heavy (non-hydrogen) atoms. The van der Waals surface area contributed by atoms with E-state index < -0.39 is 6.04 Å². The highest BCUT2D eigenvalue weighted by molar-refractivity contribution is 5.88. The van der Waals surface area contributed by atoms with Gasteiger partial charge in [-0.05, 0) is 61.1 Å². The Labute approximate surface area is 214 Å². The maximum absolute atomic E-state index is 13.6. The molecule has 2 amide bonds. The Morgan fingerprint density at radius 2 is 1.69 bits per heavy atom. The molecule has 1 heterocycles. The van der Waals surface area contributed by atoms with E-state index in [0.29, 0.717) is 39.0 Å². The number of amides is 2. The number of carbonyl (C=O) groups excluding carboxylic acids is 2. The highest BCUT2D eigenvalue weighted by atomic mass is 16.6. The molecular weight excluding hydrogens is 456 g/mol. The Morgan fingerprint density at radius 3 is 2.39 bits per heavy atom. The van der Waals surface area contributed by atoms with Crippen LogP contribution in [0.5, 0.6) is 17.2 Å². The third-order valence-corrected chi connectivity index (χ3v) is 7.08. The van der Waals surface area contributed by atoms with Crippen molar-refractivity contribution in [3.8, 4) is 17.2 Å². The zero-order valence-electron chi connectivity index (χ0n) is 21.5. The number of nitrogens with zero attached hydrogens (tertiary/aromatic N) is 1. The molecular formula is C29H38N2O5. The highest BCUT2D eigenvalue weighted by Gasteiger charge is 2.30. The fourth-order valence-electron chi connectivity index (χ4n) is 5.03. The van der Waals surface area contributed by atoms with Gasteiger partial charge in [-0.25, -0.2) is 0 Å². The smallest absolute Gasteiger partial charge is 0.243 e. The highest BCUT2D eigenvalue weighted by Crippen LogP contribution is 2.31. The second-order valence-corrected chi connectivity index (χ2v) is 9.62. The summed E-state index contributed by atoms with van der Waals surface area (Å²) in [6, 6.07) is 13.2. The SMILES string of the molecule is CC[C@H](C(=O)NC1CCCCC1)N(Cc1ccc(OC)cc1)C(=O)CCc1ccc2c(c1)OCCO2. The molecule has 0 radical (unpaired) electrons. The molecule has 0 unspecified atom stereocenters. The summed E-state index contributed by atoms with van der Waals surface area (Å²) in [5.74, 6) is 2.14. The van der Waals surface area contributed by atoms with Gasteiger partial charge in [0.25, 0.3) is 0 Å². The quantitative estimate of drug-likeness (QED) is 0.520. The summed E-state index contributed by atoms with van der Waals surface area (Å²) in [7, 11) is 1.63. The van der Waals surface area contributed by atoms with E-state index in [1.807, 2.05) is 49.4 Å². The minimum absolute atomic E-state index is 0.0358. The van der Waals surface area contributed by atoms with E-state index in [4.69, 9.17) is 14.2 Å². The van der Waals surface area contributed by atoms with Gasteiger partial charge in [0.2, 0.25) is 11.8 Å². The van der Waals surface area contributed by atoms with E-state index in [9.17, 15) is 9.59 Å². The van der Waals surface area contributed by atoms with Crippen molar-refractivity contribution in [3.63, 3.8) is 0 Å². The predicted octanol–water partition coefficient (Wildman–Crippen LogP) is 4.66. The average Bonchev–Trinajstić information content (AvgIpc) is 2.92. The van der Waals surface area contributed by atoms with Crippen LogP contribution in [0.4, 0.5) is 0 Å². The second kappa shape index (κ2) is 12.7. The molecule has 0 bridgehead atoms. The van der Waals surface area contributed by atoms with E-state index in [1.54, 1.807) is 12.0 Å². The fraction of sp³-hybridized carbons (Fsp3) is 0.517. The fourth-order valence-corrected chi connectivity index (χ4v) is 5.03. The van der Waals surface area contributed by atoms with Crippen LogP contribution in [-0.2, 0) is 22.6 Å². The molecule has 1 saturated carbocycles. The van der Waals surface area contributed by atoms with Crippen molar-refractivity contribution >= 4 is 11.8 Å². The molecule has 1 aliphatic heterocycles. The molecule has 1 atom stereocenters. The Kier molecular flexibility index (Phi) is 9.09. The van der Waals surface area contributed by atoms with Crippen LogP contribution in [0.2, 0.25) is 0 Å². The number of hydrogen-bond donors (Lipinski definition) is 1. The largest absolute Gasteiger partial charge is 0.497 e. The Hall–Kier alpha value is -3.22. The number of methoxy groups -OCH3 is 1. The molecule has 7 heteroatoms. The normalized spacial score (nSPS) is 16.2. The average molecular weight is 495 g/mol. The Bertz CT molecular complexity index is 1020. The van der Waals surface area contributed by atoms with Crippen molar-refractivity contribution < 1.29 is 23.8 Å². The molecule has 2 aliphatic rings. The van der Waals surface area contributed by atoms with Crippen molar-refractivity contribution in [2.75, 3.05) is 20.3 Å². The lowest BCUT2D eigenvalue weighted by Gasteiger charge is -2.33. The van der Waals surface area contributed by atoms with Crippen LogP contribution in [0.1, 0.15) is 63.0 Å². The minimum atomic E-state index is -0.512. The Balaban J connectivity index is 1.48. The predicted molar refractivity (Wildman–Crippen MR) is 138 cm³/mol. The van der Waals surface area contributed by atoms with Crippen LogP contribution < -0.4 is 19.5 Å². The van der Waals surface area contributed by atoms with Gasteiger partial charge in [0.05, 0.1) is 7.11 Å². The Morgan fingerprint density at radius 1 is 1.00 bits per heavy atom. The lowest BCUT2D eigenvalue weighted by atomic mass is 9.95. The lowest BCUT2D eigenvalue weighted by Crippen LogP contribution is -2.51. The van der Waals surface area contributed by atoms with Crippen molar-refractivity contribution in [2.24, 2.45) is 0 Å². The van der Waals surface area contributed by atoms with Gasteiger partial charge in [-0.1, -0.05) is 44.4 Å².